The number of aliphatic hydroxyl groups excluding tert-OH is 1. The number of hydrogen-bond acceptors (Lipinski definition) is 3. The van der Waals surface area contributed by atoms with Crippen molar-refractivity contribution in [1.82, 2.24) is 5.32 Å². The van der Waals surface area contributed by atoms with Crippen LogP contribution in [0.15, 0.2) is 4.99 Å². The predicted octanol–water partition coefficient (Wildman–Crippen LogP) is 0.929. The molecule has 1 rings (SSSR count). The van der Waals surface area contributed by atoms with Crippen LogP contribution in [0.4, 0.5) is 0 Å². The normalized spacial score (nSPS) is 21.0. The Balaban J connectivity index is 2.33. The average Bonchev–Trinajstić information content (AvgIpc) is 2.33. The fourth-order valence-corrected chi connectivity index (χ4v) is 1.32. The number of amidine groups is 1. The molecule has 1 aliphatic rings. The van der Waals surface area contributed by atoms with Crippen LogP contribution in [0.2, 0.25) is 0 Å². The quantitative estimate of drug-likeness (QED) is 0.647. The number of nitrogens with zero attached hydrogens (tertiary/aromatic N) is 1. The molecule has 0 aromatic rings. The lowest BCUT2D eigenvalue weighted by atomic mass is 10.2. The van der Waals surface area contributed by atoms with Crippen molar-refractivity contribution in [2.24, 2.45) is 4.99 Å². The second-order valence-corrected chi connectivity index (χ2v) is 3.37. The van der Waals surface area contributed by atoms with E-state index in [2.05, 4.69) is 10.3 Å². The Hall–Kier alpha value is -0.570. The largest absolute Gasteiger partial charge is 0.394 e. The van der Waals surface area contributed by atoms with E-state index in [1.165, 1.54) is 19.3 Å². The maximum atomic E-state index is 8.82. The number of rotatable bonds is 2. The third kappa shape index (κ3) is 3.22. The van der Waals surface area contributed by atoms with Crippen LogP contribution in [0, 0.1) is 0 Å². The first kappa shape index (κ1) is 9.52. The minimum absolute atomic E-state index is 0.141. The molecule has 0 aromatic carbocycles. The van der Waals surface area contributed by atoms with Crippen molar-refractivity contribution < 1.29 is 5.11 Å². The number of hydrogen-bond donors (Lipinski definition) is 2. The van der Waals surface area contributed by atoms with Crippen LogP contribution in [-0.2, 0) is 0 Å². The summed E-state index contributed by atoms with van der Waals surface area (Å²) in [7, 11) is 0. The van der Waals surface area contributed by atoms with Gasteiger partial charge in [-0.2, -0.15) is 0 Å². The summed E-state index contributed by atoms with van der Waals surface area (Å²) in [5.41, 5.74) is 0. The molecule has 0 spiro atoms. The maximum absolute atomic E-state index is 8.82. The molecule has 0 saturated heterocycles. The van der Waals surface area contributed by atoms with E-state index in [4.69, 9.17) is 5.11 Å². The third-order valence-electron chi connectivity index (χ3n) is 2.06. The van der Waals surface area contributed by atoms with E-state index in [-0.39, 0.29) is 12.6 Å². The Labute approximate surface area is 73.9 Å². The van der Waals surface area contributed by atoms with Crippen molar-refractivity contribution >= 4 is 5.84 Å². The minimum atomic E-state index is 0.141. The van der Waals surface area contributed by atoms with Gasteiger partial charge in [-0.05, 0) is 19.8 Å². The van der Waals surface area contributed by atoms with Crippen molar-refractivity contribution in [3.63, 3.8) is 0 Å². The predicted molar refractivity (Wildman–Crippen MR) is 50.5 cm³/mol. The first-order chi connectivity index (χ1) is 5.83. The van der Waals surface area contributed by atoms with Gasteiger partial charge in [0.2, 0.25) is 0 Å². The van der Waals surface area contributed by atoms with E-state index in [0.29, 0.717) is 0 Å². The van der Waals surface area contributed by atoms with E-state index < -0.39 is 0 Å². The Bertz CT molecular complexity index is 157. The van der Waals surface area contributed by atoms with Gasteiger partial charge in [0.05, 0.1) is 12.4 Å². The van der Waals surface area contributed by atoms with Gasteiger partial charge in [0.15, 0.2) is 0 Å². The summed E-state index contributed by atoms with van der Waals surface area (Å²) in [5.74, 6) is 1.08. The first-order valence-corrected chi connectivity index (χ1v) is 4.73. The molecule has 0 saturated carbocycles. The summed E-state index contributed by atoms with van der Waals surface area (Å²) in [5, 5.41) is 12.0. The molecular formula is C9H18N2O. The van der Waals surface area contributed by atoms with E-state index in [1.54, 1.807) is 0 Å². The zero-order valence-electron chi connectivity index (χ0n) is 7.71. The molecule has 12 heavy (non-hydrogen) atoms. The summed E-state index contributed by atoms with van der Waals surface area (Å²) in [6.07, 6.45) is 4.76. The molecule has 1 aliphatic heterocycles. The van der Waals surface area contributed by atoms with Gasteiger partial charge in [-0.3, -0.25) is 4.99 Å². The molecule has 3 heteroatoms. The fraction of sp³-hybridized carbons (Fsp3) is 0.889. The van der Waals surface area contributed by atoms with Gasteiger partial charge in [0.1, 0.15) is 0 Å². The second kappa shape index (κ2) is 5.14. The van der Waals surface area contributed by atoms with Crippen molar-refractivity contribution in [2.75, 3.05) is 13.2 Å². The van der Waals surface area contributed by atoms with E-state index in [1.807, 2.05) is 6.92 Å². The Morgan fingerprint density at radius 1 is 1.50 bits per heavy atom. The molecule has 0 aliphatic carbocycles. The number of aliphatic imine (C=N–C) groups is 1. The highest BCUT2D eigenvalue weighted by molar-refractivity contribution is 5.82. The van der Waals surface area contributed by atoms with Crippen LogP contribution in [-0.4, -0.2) is 30.1 Å². The van der Waals surface area contributed by atoms with Gasteiger partial charge in [0, 0.05) is 19.0 Å². The highest BCUT2D eigenvalue weighted by atomic mass is 16.3. The summed E-state index contributed by atoms with van der Waals surface area (Å²) < 4.78 is 0. The van der Waals surface area contributed by atoms with Gasteiger partial charge in [-0.25, -0.2) is 0 Å². The molecule has 0 radical (unpaired) electrons. The van der Waals surface area contributed by atoms with E-state index in [9.17, 15) is 0 Å². The third-order valence-corrected chi connectivity index (χ3v) is 2.06. The van der Waals surface area contributed by atoms with Crippen molar-refractivity contribution in [3.05, 3.63) is 0 Å². The molecule has 3 nitrogen and oxygen atoms in total. The number of nitrogens with one attached hydrogen (secondary N) is 1. The molecule has 0 fully saturated rings. The van der Waals surface area contributed by atoms with Gasteiger partial charge >= 0.3 is 0 Å². The lowest BCUT2D eigenvalue weighted by Crippen LogP contribution is -2.34. The topological polar surface area (TPSA) is 44.6 Å². The fourth-order valence-electron chi connectivity index (χ4n) is 1.32. The molecule has 70 valence electrons. The van der Waals surface area contributed by atoms with Gasteiger partial charge in [0.25, 0.3) is 0 Å². The van der Waals surface area contributed by atoms with E-state index >= 15 is 0 Å². The summed E-state index contributed by atoms with van der Waals surface area (Å²) in [6.45, 7) is 3.09. The van der Waals surface area contributed by atoms with Crippen LogP contribution >= 0.6 is 0 Å². The van der Waals surface area contributed by atoms with Crippen molar-refractivity contribution in [1.29, 1.82) is 0 Å². The smallest absolute Gasteiger partial charge is 0.0965 e. The zero-order chi connectivity index (χ0) is 8.81. The molecule has 1 unspecified atom stereocenters. The van der Waals surface area contributed by atoms with Crippen molar-refractivity contribution in [3.8, 4) is 0 Å². The van der Waals surface area contributed by atoms with Crippen LogP contribution in [0.5, 0.6) is 0 Å². The molecular weight excluding hydrogens is 152 g/mol. The van der Waals surface area contributed by atoms with Gasteiger partial charge < -0.3 is 10.4 Å². The second-order valence-electron chi connectivity index (χ2n) is 3.37. The summed E-state index contributed by atoms with van der Waals surface area (Å²) >= 11 is 0. The molecule has 0 bridgehead atoms. The summed E-state index contributed by atoms with van der Waals surface area (Å²) in [6, 6.07) is 0.141. The van der Waals surface area contributed by atoms with Crippen LogP contribution in [0.25, 0.3) is 0 Å². The summed E-state index contributed by atoms with van der Waals surface area (Å²) in [4.78, 5) is 4.41. The molecule has 2 N–H and O–H groups in total. The monoisotopic (exact) mass is 170 g/mol. The lowest BCUT2D eigenvalue weighted by molar-refractivity contribution is 0.263. The lowest BCUT2D eigenvalue weighted by Gasteiger charge is -2.13. The minimum Gasteiger partial charge on any atom is -0.394 e. The Morgan fingerprint density at radius 3 is 3.08 bits per heavy atom. The van der Waals surface area contributed by atoms with Gasteiger partial charge in [-0.15, -0.1) is 0 Å². The zero-order valence-corrected chi connectivity index (χ0v) is 7.71. The molecule has 1 atom stereocenters. The number of aliphatic hydroxyl groups is 1. The van der Waals surface area contributed by atoms with E-state index in [0.717, 1.165) is 18.8 Å². The SMILES string of the molecule is CC(CO)NC1=NCCCCC1. The Morgan fingerprint density at radius 2 is 2.33 bits per heavy atom. The van der Waals surface area contributed by atoms with Crippen LogP contribution < -0.4 is 5.32 Å². The molecule has 0 amide bonds. The average molecular weight is 170 g/mol. The van der Waals surface area contributed by atoms with Crippen LogP contribution in [0.3, 0.4) is 0 Å². The van der Waals surface area contributed by atoms with Crippen molar-refractivity contribution in [2.45, 2.75) is 38.6 Å². The molecule has 1 heterocycles. The highest BCUT2D eigenvalue weighted by Crippen LogP contribution is 2.06. The Kier molecular flexibility index (Phi) is 4.08. The molecule has 0 aromatic heterocycles. The maximum Gasteiger partial charge on any atom is 0.0965 e. The highest BCUT2D eigenvalue weighted by Gasteiger charge is 2.06. The van der Waals surface area contributed by atoms with Crippen LogP contribution in [0.1, 0.15) is 32.6 Å². The standard InChI is InChI=1S/C9H18N2O/c1-8(7-12)11-9-5-3-2-4-6-10-9/h8,12H,2-7H2,1H3,(H,10,11). The van der Waals surface area contributed by atoms with Gasteiger partial charge in [-0.1, -0.05) is 6.42 Å². The first-order valence-electron chi connectivity index (χ1n) is 4.73.